The Hall–Kier alpha value is -2.29. The number of hydrogen-bond donors (Lipinski definition) is 2. The third kappa shape index (κ3) is 4.24. The predicted molar refractivity (Wildman–Crippen MR) is 113 cm³/mol. The summed E-state index contributed by atoms with van der Waals surface area (Å²) in [6.45, 7) is 9.91. The van der Waals surface area contributed by atoms with Crippen LogP contribution in [-0.4, -0.2) is 22.0 Å². The Kier molecular flexibility index (Phi) is 6.92. The molecule has 0 saturated heterocycles. The molecule has 0 spiro atoms. The Morgan fingerprint density at radius 2 is 1.93 bits per heavy atom. The average Bonchev–Trinajstić information content (AvgIpc) is 2.85. The van der Waals surface area contributed by atoms with Crippen molar-refractivity contribution in [3.05, 3.63) is 42.4 Å². The van der Waals surface area contributed by atoms with Crippen LogP contribution in [0.4, 0.5) is 11.5 Å². The van der Waals surface area contributed by atoms with Gasteiger partial charge in [-0.15, -0.1) is 0 Å². The molecule has 2 aromatic heterocycles. The lowest BCUT2D eigenvalue weighted by atomic mass is 10.2. The van der Waals surface area contributed by atoms with E-state index in [1.165, 1.54) is 9.47 Å². The summed E-state index contributed by atoms with van der Waals surface area (Å²) in [4.78, 5) is 41.9. The second kappa shape index (κ2) is 8.81. The van der Waals surface area contributed by atoms with Gasteiger partial charge in [0.1, 0.15) is 17.3 Å². The van der Waals surface area contributed by atoms with Crippen molar-refractivity contribution in [1.29, 1.82) is 0 Å². The molecule has 28 heavy (non-hydrogen) atoms. The highest BCUT2D eigenvalue weighted by Gasteiger charge is 2.29. The maximum absolute atomic E-state index is 13.4. The van der Waals surface area contributed by atoms with Gasteiger partial charge in [0.15, 0.2) is 5.69 Å². The summed E-state index contributed by atoms with van der Waals surface area (Å²) in [7, 11) is 0. The zero-order valence-corrected chi connectivity index (χ0v) is 18.5. The van der Waals surface area contributed by atoms with Crippen molar-refractivity contribution in [3.63, 3.8) is 0 Å². The van der Waals surface area contributed by atoms with E-state index in [0.29, 0.717) is 41.1 Å². The summed E-state index contributed by atoms with van der Waals surface area (Å²) in [6, 6.07) is 0. The third-order valence-electron chi connectivity index (χ3n) is 4.41. The highest BCUT2D eigenvalue weighted by Crippen LogP contribution is 2.30. The van der Waals surface area contributed by atoms with Crippen molar-refractivity contribution >= 4 is 33.3 Å². The predicted octanol–water partition coefficient (Wildman–Crippen LogP) is 3.19. The lowest BCUT2D eigenvalue weighted by Gasteiger charge is -2.25. The largest absolute Gasteiger partial charge is 0.465 e. The van der Waals surface area contributed by atoms with E-state index >= 15 is 0 Å². The minimum atomic E-state index is -0.680. The first kappa shape index (κ1) is 22.0. The van der Waals surface area contributed by atoms with Crippen LogP contribution >= 0.6 is 15.9 Å². The minimum absolute atomic E-state index is 0.0103. The molecule has 0 saturated carbocycles. The van der Waals surface area contributed by atoms with Gasteiger partial charge in [-0.3, -0.25) is 19.1 Å². The second-order valence-corrected chi connectivity index (χ2v) is 8.00. The molecular formula is C19H27BrN4O4. The number of aromatic nitrogens is 2. The Labute approximate surface area is 171 Å². The molecule has 2 rings (SSSR count). The van der Waals surface area contributed by atoms with Crippen LogP contribution in [0.3, 0.4) is 0 Å². The van der Waals surface area contributed by atoms with Crippen LogP contribution in [0.5, 0.6) is 0 Å². The number of aromatic amines is 1. The fourth-order valence-electron chi connectivity index (χ4n) is 3.05. The monoisotopic (exact) mass is 454 g/mol. The van der Waals surface area contributed by atoms with E-state index in [9.17, 15) is 14.4 Å². The molecule has 0 aromatic carbocycles. The number of amides is 1. The Bertz CT molecular complexity index is 987. The molecule has 1 amide bonds. The molecule has 0 atom stereocenters. The molecular weight excluding hydrogens is 428 g/mol. The molecule has 2 aromatic rings. The maximum Gasteiger partial charge on any atom is 0.330 e. The quantitative estimate of drug-likeness (QED) is 0.666. The molecule has 9 heteroatoms. The van der Waals surface area contributed by atoms with E-state index in [1.807, 2.05) is 20.8 Å². The maximum atomic E-state index is 13.4. The number of nitrogens with two attached hydrogens (primary N) is 1. The Balaban J connectivity index is 2.68. The molecule has 2 heterocycles. The fourth-order valence-corrected chi connectivity index (χ4v) is 3.58. The van der Waals surface area contributed by atoms with Gasteiger partial charge in [0.2, 0.25) is 0 Å². The first-order valence-corrected chi connectivity index (χ1v) is 10.1. The number of nitrogen functional groups attached to an aromatic ring is 1. The summed E-state index contributed by atoms with van der Waals surface area (Å²) in [5, 5.41) is 0. The van der Waals surface area contributed by atoms with Gasteiger partial charge in [-0.05, 0) is 42.1 Å². The number of nitrogens with one attached hydrogen (secondary N) is 1. The van der Waals surface area contributed by atoms with Gasteiger partial charge >= 0.3 is 5.69 Å². The number of carbonyl (C=O) groups is 1. The van der Waals surface area contributed by atoms with Gasteiger partial charge in [-0.25, -0.2) is 4.79 Å². The number of aryl methyl sites for hydroxylation is 2. The number of rotatable bonds is 7. The van der Waals surface area contributed by atoms with Crippen molar-refractivity contribution < 1.29 is 9.21 Å². The summed E-state index contributed by atoms with van der Waals surface area (Å²) < 4.78 is 7.39. The van der Waals surface area contributed by atoms with Gasteiger partial charge in [0.25, 0.3) is 11.5 Å². The van der Waals surface area contributed by atoms with Crippen molar-refractivity contribution in [2.75, 3.05) is 17.2 Å². The number of carbonyl (C=O) groups excluding carboxylic acids is 1. The number of halogens is 1. The molecule has 3 N–H and O–H groups in total. The van der Waals surface area contributed by atoms with Gasteiger partial charge < -0.3 is 15.1 Å². The summed E-state index contributed by atoms with van der Waals surface area (Å²) >= 11 is 3.39. The number of furan rings is 1. The molecule has 154 valence electrons. The Morgan fingerprint density at radius 3 is 2.43 bits per heavy atom. The summed E-state index contributed by atoms with van der Waals surface area (Å²) in [6.07, 6.45) is 1.49. The zero-order valence-electron chi connectivity index (χ0n) is 16.9. The number of hydrogen-bond acceptors (Lipinski definition) is 5. The van der Waals surface area contributed by atoms with Crippen LogP contribution in [0.2, 0.25) is 0 Å². The van der Waals surface area contributed by atoms with E-state index in [2.05, 4.69) is 20.9 Å². The van der Waals surface area contributed by atoms with E-state index in [1.54, 1.807) is 13.8 Å². The molecule has 0 unspecified atom stereocenters. The number of H-pyrrole nitrogens is 1. The highest BCUT2D eigenvalue weighted by molar-refractivity contribution is 9.10. The van der Waals surface area contributed by atoms with E-state index < -0.39 is 17.2 Å². The SMILES string of the molecule is CCCCN(C(=O)c1c(C)oc(C)c1Br)c1c(N)n(CC(C)C)c(=O)[nH]c1=O. The van der Waals surface area contributed by atoms with E-state index in [4.69, 9.17) is 10.2 Å². The van der Waals surface area contributed by atoms with Crippen LogP contribution in [0.15, 0.2) is 18.5 Å². The topological polar surface area (TPSA) is 114 Å². The van der Waals surface area contributed by atoms with Crippen molar-refractivity contribution in [1.82, 2.24) is 9.55 Å². The molecule has 0 fully saturated rings. The van der Waals surface area contributed by atoms with Crippen LogP contribution in [-0.2, 0) is 6.54 Å². The van der Waals surface area contributed by atoms with E-state index in [-0.39, 0.29) is 17.4 Å². The molecule has 0 aliphatic heterocycles. The van der Waals surface area contributed by atoms with Crippen LogP contribution in [0.25, 0.3) is 0 Å². The van der Waals surface area contributed by atoms with Gasteiger partial charge in [0.05, 0.1) is 10.0 Å². The van der Waals surface area contributed by atoms with Crippen molar-refractivity contribution in [2.45, 2.75) is 54.0 Å². The summed E-state index contributed by atoms with van der Waals surface area (Å²) in [5.41, 5.74) is 5.28. The number of anilines is 2. The van der Waals surface area contributed by atoms with Crippen LogP contribution in [0.1, 0.15) is 55.5 Å². The number of nitrogens with zero attached hydrogens (tertiary/aromatic N) is 2. The molecule has 0 bridgehead atoms. The lowest BCUT2D eigenvalue weighted by Crippen LogP contribution is -2.42. The van der Waals surface area contributed by atoms with Gasteiger partial charge in [-0.2, -0.15) is 0 Å². The second-order valence-electron chi connectivity index (χ2n) is 7.21. The van der Waals surface area contributed by atoms with Crippen molar-refractivity contribution in [3.8, 4) is 0 Å². The van der Waals surface area contributed by atoms with Gasteiger partial charge in [-0.1, -0.05) is 27.2 Å². The molecule has 8 nitrogen and oxygen atoms in total. The summed E-state index contributed by atoms with van der Waals surface area (Å²) in [5.74, 6) is 0.735. The minimum Gasteiger partial charge on any atom is -0.465 e. The smallest absolute Gasteiger partial charge is 0.330 e. The average molecular weight is 455 g/mol. The third-order valence-corrected chi connectivity index (χ3v) is 5.37. The van der Waals surface area contributed by atoms with Gasteiger partial charge in [0, 0.05) is 13.1 Å². The molecule has 0 aliphatic carbocycles. The molecule has 0 aliphatic rings. The lowest BCUT2D eigenvalue weighted by molar-refractivity contribution is 0.0984. The first-order valence-electron chi connectivity index (χ1n) is 9.30. The van der Waals surface area contributed by atoms with Crippen LogP contribution < -0.4 is 21.9 Å². The number of unbranched alkanes of at least 4 members (excludes halogenated alkanes) is 1. The van der Waals surface area contributed by atoms with E-state index in [0.717, 1.165) is 6.42 Å². The zero-order chi connectivity index (χ0) is 21.2. The fraction of sp³-hybridized carbons (Fsp3) is 0.526. The standard InChI is InChI=1S/C19H27BrN4O4/c1-6-7-8-23(18(26)13-11(4)28-12(5)14(13)20)15-16(21)24(9-10(2)3)19(27)22-17(15)25/h10H,6-9,21H2,1-5H3,(H,22,25,27). The first-order chi connectivity index (χ1) is 13.1. The highest BCUT2D eigenvalue weighted by atomic mass is 79.9. The molecule has 0 radical (unpaired) electrons. The normalized spacial score (nSPS) is 11.2. The van der Waals surface area contributed by atoms with Crippen molar-refractivity contribution in [2.24, 2.45) is 5.92 Å². The Morgan fingerprint density at radius 1 is 1.29 bits per heavy atom. The van der Waals surface area contributed by atoms with Crippen LogP contribution in [0, 0.1) is 19.8 Å².